The minimum atomic E-state index is -0.448. The van der Waals surface area contributed by atoms with Crippen LogP contribution >= 0.6 is 15.9 Å². The van der Waals surface area contributed by atoms with Crippen LogP contribution in [0.5, 0.6) is 11.5 Å². The van der Waals surface area contributed by atoms with Crippen LogP contribution in [-0.4, -0.2) is 12.0 Å². The zero-order valence-corrected chi connectivity index (χ0v) is 12.3. The van der Waals surface area contributed by atoms with Gasteiger partial charge in [-0.15, -0.1) is 0 Å². The van der Waals surface area contributed by atoms with E-state index in [9.17, 15) is 10.1 Å². The first-order valence-electron chi connectivity index (χ1n) is 5.80. The number of non-ortho nitro benzene ring substituents is 1. The van der Waals surface area contributed by atoms with Crippen molar-refractivity contribution in [1.82, 2.24) is 0 Å². The topological polar surface area (TPSA) is 61.6 Å². The number of nitro benzene ring substituents is 1. The second-order valence-corrected chi connectivity index (χ2v) is 4.87. The van der Waals surface area contributed by atoms with Gasteiger partial charge >= 0.3 is 0 Å². The van der Waals surface area contributed by atoms with Crippen LogP contribution in [0.15, 0.2) is 46.9 Å². The molecular formula is C14H12BrNO4. The molecule has 0 fully saturated rings. The molecule has 2 aromatic rings. The highest BCUT2D eigenvalue weighted by Crippen LogP contribution is 2.29. The van der Waals surface area contributed by atoms with E-state index in [-0.39, 0.29) is 5.69 Å². The van der Waals surface area contributed by atoms with Crippen molar-refractivity contribution in [2.45, 2.75) is 6.61 Å². The van der Waals surface area contributed by atoms with Crippen molar-refractivity contribution in [3.63, 3.8) is 0 Å². The number of ether oxygens (including phenoxy) is 2. The van der Waals surface area contributed by atoms with Gasteiger partial charge in [-0.25, -0.2) is 0 Å². The number of nitrogens with zero attached hydrogens (tertiary/aromatic N) is 1. The highest BCUT2D eigenvalue weighted by atomic mass is 79.9. The van der Waals surface area contributed by atoms with Crippen molar-refractivity contribution < 1.29 is 14.4 Å². The zero-order chi connectivity index (χ0) is 14.5. The van der Waals surface area contributed by atoms with Gasteiger partial charge in [0.2, 0.25) is 0 Å². The quantitative estimate of drug-likeness (QED) is 0.612. The van der Waals surface area contributed by atoms with Gasteiger partial charge in [0, 0.05) is 12.1 Å². The first kappa shape index (κ1) is 14.3. The number of nitro groups is 1. The van der Waals surface area contributed by atoms with Crippen LogP contribution < -0.4 is 9.47 Å². The molecular weight excluding hydrogens is 326 g/mol. The van der Waals surface area contributed by atoms with Gasteiger partial charge in [-0.2, -0.15) is 0 Å². The summed E-state index contributed by atoms with van der Waals surface area (Å²) in [7, 11) is 1.60. The van der Waals surface area contributed by atoms with E-state index in [1.54, 1.807) is 13.2 Å². The summed E-state index contributed by atoms with van der Waals surface area (Å²) in [4.78, 5) is 10.2. The molecule has 104 valence electrons. The molecule has 0 aromatic heterocycles. The van der Waals surface area contributed by atoms with Gasteiger partial charge in [0.15, 0.2) is 0 Å². The summed E-state index contributed by atoms with van der Waals surface area (Å²) in [6.07, 6.45) is 0. The Labute approximate surface area is 124 Å². The number of halogens is 1. The van der Waals surface area contributed by atoms with E-state index < -0.39 is 4.92 Å². The molecule has 0 aliphatic rings. The number of methoxy groups -OCH3 is 1. The summed E-state index contributed by atoms with van der Waals surface area (Å²) in [5.41, 5.74) is 0.972. The molecule has 0 aliphatic carbocycles. The maximum Gasteiger partial charge on any atom is 0.270 e. The van der Waals surface area contributed by atoms with E-state index in [1.807, 2.05) is 24.3 Å². The van der Waals surface area contributed by atoms with E-state index in [0.717, 1.165) is 11.3 Å². The number of hydrogen-bond acceptors (Lipinski definition) is 4. The Morgan fingerprint density at radius 3 is 2.70 bits per heavy atom. The summed E-state index contributed by atoms with van der Waals surface area (Å²) >= 11 is 3.26. The number of benzene rings is 2. The Hall–Kier alpha value is -2.08. The Kier molecular flexibility index (Phi) is 4.57. The van der Waals surface area contributed by atoms with E-state index in [4.69, 9.17) is 9.47 Å². The van der Waals surface area contributed by atoms with Gasteiger partial charge in [0.1, 0.15) is 18.1 Å². The monoisotopic (exact) mass is 337 g/mol. The Balaban J connectivity index is 2.08. The smallest absolute Gasteiger partial charge is 0.270 e. The first-order chi connectivity index (χ1) is 9.60. The predicted molar refractivity (Wildman–Crippen MR) is 78.1 cm³/mol. The first-order valence-corrected chi connectivity index (χ1v) is 6.59. The van der Waals surface area contributed by atoms with Crippen LogP contribution in [0.25, 0.3) is 0 Å². The normalized spacial score (nSPS) is 10.1. The standard InChI is InChI=1S/C14H12BrNO4/c1-19-12-4-2-3-10(7-12)9-20-14-6-5-11(16(17)18)8-13(14)15/h2-8H,9H2,1H3. The van der Waals surface area contributed by atoms with Crippen molar-refractivity contribution >= 4 is 21.6 Å². The van der Waals surface area contributed by atoms with Crippen molar-refractivity contribution in [2.75, 3.05) is 7.11 Å². The molecule has 20 heavy (non-hydrogen) atoms. The molecule has 0 saturated carbocycles. The lowest BCUT2D eigenvalue weighted by Crippen LogP contribution is -1.97. The Bertz CT molecular complexity index is 630. The van der Waals surface area contributed by atoms with E-state index >= 15 is 0 Å². The summed E-state index contributed by atoms with van der Waals surface area (Å²) in [6, 6.07) is 11.9. The molecule has 0 N–H and O–H groups in total. The average molecular weight is 338 g/mol. The Morgan fingerprint density at radius 1 is 1.25 bits per heavy atom. The van der Waals surface area contributed by atoms with E-state index in [2.05, 4.69) is 15.9 Å². The molecule has 0 radical (unpaired) electrons. The van der Waals surface area contributed by atoms with Crippen molar-refractivity contribution in [3.05, 3.63) is 62.6 Å². The third kappa shape index (κ3) is 3.48. The van der Waals surface area contributed by atoms with Crippen molar-refractivity contribution in [2.24, 2.45) is 0 Å². The molecule has 2 aromatic carbocycles. The van der Waals surface area contributed by atoms with Gasteiger partial charge in [0.25, 0.3) is 5.69 Å². The SMILES string of the molecule is COc1cccc(COc2ccc([N+](=O)[O-])cc2Br)c1. The lowest BCUT2D eigenvalue weighted by atomic mass is 10.2. The van der Waals surface area contributed by atoms with Crippen LogP contribution in [0.3, 0.4) is 0 Å². The molecule has 0 unspecified atom stereocenters. The summed E-state index contributed by atoms with van der Waals surface area (Å²) in [6.45, 7) is 0.355. The molecule has 5 nitrogen and oxygen atoms in total. The van der Waals surface area contributed by atoms with Gasteiger partial charge in [-0.1, -0.05) is 12.1 Å². The number of hydrogen-bond donors (Lipinski definition) is 0. The second-order valence-electron chi connectivity index (χ2n) is 4.01. The molecule has 0 saturated heterocycles. The molecule has 0 heterocycles. The highest BCUT2D eigenvalue weighted by molar-refractivity contribution is 9.10. The van der Waals surface area contributed by atoms with Gasteiger partial charge in [-0.05, 0) is 39.7 Å². The highest BCUT2D eigenvalue weighted by Gasteiger charge is 2.10. The van der Waals surface area contributed by atoms with Crippen molar-refractivity contribution in [3.8, 4) is 11.5 Å². The van der Waals surface area contributed by atoms with Crippen LogP contribution in [-0.2, 0) is 6.61 Å². The van der Waals surface area contributed by atoms with Gasteiger partial charge in [-0.3, -0.25) is 10.1 Å². The van der Waals surface area contributed by atoms with Gasteiger partial charge in [0.05, 0.1) is 16.5 Å². The fourth-order valence-electron chi connectivity index (χ4n) is 1.64. The fraction of sp³-hybridized carbons (Fsp3) is 0.143. The summed E-state index contributed by atoms with van der Waals surface area (Å²) < 4.78 is 11.3. The minimum Gasteiger partial charge on any atom is -0.497 e. The zero-order valence-electron chi connectivity index (χ0n) is 10.7. The molecule has 6 heteroatoms. The maximum absolute atomic E-state index is 10.6. The average Bonchev–Trinajstić information content (AvgIpc) is 2.46. The molecule has 0 bridgehead atoms. The third-order valence-electron chi connectivity index (χ3n) is 2.65. The van der Waals surface area contributed by atoms with Crippen LogP contribution in [0.1, 0.15) is 5.56 Å². The summed E-state index contributed by atoms with van der Waals surface area (Å²) in [5.74, 6) is 1.31. The largest absolute Gasteiger partial charge is 0.497 e. The fourth-order valence-corrected chi connectivity index (χ4v) is 2.12. The van der Waals surface area contributed by atoms with Crippen molar-refractivity contribution in [1.29, 1.82) is 0 Å². The van der Waals surface area contributed by atoms with Crippen LogP contribution in [0.4, 0.5) is 5.69 Å². The third-order valence-corrected chi connectivity index (χ3v) is 3.27. The second kappa shape index (κ2) is 6.38. The lowest BCUT2D eigenvalue weighted by Gasteiger charge is -2.09. The molecule has 0 amide bonds. The van der Waals surface area contributed by atoms with Gasteiger partial charge < -0.3 is 9.47 Å². The minimum absolute atomic E-state index is 0.0191. The molecule has 0 atom stereocenters. The van der Waals surface area contributed by atoms with E-state index in [0.29, 0.717) is 16.8 Å². The molecule has 2 rings (SSSR count). The molecule has 0 aliphatic heterocycles. The molecule has 0 spiro atoms. The van der Waals surface area contributed by atoms with E-state index in [1.165, 1.54) is 12.1 Å². The van der Waals surface area contributed by atoms with Crippen LogP contribution in [0.2, 0.25) is 0 Å². The lowest BCUT2D eigenvalue weighted by molar-refractivity contribution is -0.385. The maximum atomic E-state index is 10.6. The van der Waals surface area contributed by atoms with Crippen LogP contribution in [0, 0.1) is 10.1 Å². The predicted octanol–water partition coefficient (Wildman–Crippen LogP) is 3.94. The number of rotatable bonds is 5. The Morgan fingerprint density at radius 2 is 2.05 bits per heavy atom. The summed E-state index contributed by atoms with van der Waals surface area (Å²) in [5, 5.41) is 10.6.